The zero-order valence-electron chi connectivity index (χ0n) is 6.76. The highest BCUT2D eigenvalue weighted by Crippen LogP contribution is 2.24. The molecule has 1 aromatic rings. The maximum absolute atomic E-state index is 13.0. The molecule has 1 atom stereocenters. The van der Waals surface area contributed by atoms with Crippen LogP contribution < -0.4 is 0 Å². The molecule has 0 saturated carbocycles. The van der Waals surface area contributed by atoms with Crippen molar-refractivity contribution in [2.24, 2.45) is 0 Å². The Morgan fingerprint density at radius 3 is 2.36 bits per heavy atom. The van der Waals surface area contributed by atoms with Crippen LogP contribution in [0.2, 0.25) is 0 Å². The number of hydrogen-bond acceptors (Lipinski definition) is 2. The Bertz CT molecular complexity index is 349. The Balaban J connectivity index is 2.91. The molecule has 7 heteroatoms. The van der Waals surface area contributed by atoms with Gasteiger partial charge in [0.2, 0.25) is 0 Å². The van der Waals surface area contributed by atoms with Gasteiger partial charge in [0.25, 0.3) is 0 Å². The highest BCUT2D eigenvalue weighted by atomic mass is 79.9. The third-order valence-electron chi connectivity index (χ3n) is 1.45. The van der Waals surface area contributed by atoms with Gasteiger partial charge in [0, 0.05) is 10.0 Å². The van der Waals surface area contributed by atoms with Gasteiger partial charge in [-0.25, -0.2) is 8.78 Å². The predicted molar refractivity (Wildman–Crippen MR) is 50.1 cm³/mol. The molecule has 0 amide bonds. The maximum atomic E-state index is 13.0. The number of hydrogen-bond donors (Lipinski definition) is 1. The van der Waals surface area contributed by atoms with E-state index in [2.05, 4.69) is 20.5 Å². The summed E-state index contributed by atoms with van der Waals surface area (Å²) in [4.78, 5) is 8.32. The van der Waals surface area contributed by atoms with Crippen molar-refractivity contribution in [1.82, 2.24) is 0 Å². The zero-order valence-corrected chi connectivity index (χ0v) is 9.35. The van der Waals surface area contributed by atoms with Crippen molar-refractivity contribution in [3.8, 4) is 0 Å². The van der Waals surface area contributed by atoms with Crippen molar-refractivity contribution in [1.29, 1.82) is 0 Å². The van der Waals surface area contributed by atoms with Crippen molar-refractivity contribution < 1.29 is 22.8 Å². The minimum atomic E-state index is -3.17. The fourth-order valence-corrected chi connectivity index (χ4v) is 1.51. The molecular formula is C7H6BrF2O3P. The molecule has 0 bridgehead atoms. The molecule has 1 N–H and O–H groups in total. The van der Waals surface area contributed by atoms with E-state index in [1.165, 1.54) is 0 Å². The second kappa shape index (κ2) is 4.98. The lowest BCUT2D eigenvalue weighted by molar-refractivity contribution is 0.263. The molecule has 0 aliphatic rings. The van der Waals surface area contributed by atoms with Gasteiger partial charge in [-0.3, -0.25) is 4.57 Å². The van der Waals surface area contributed by atoms with Crippen molar-refractivity contribution in [2.45, 2.75) is 6.61 Å². The summed E-state index contributed by atoms with van der Waals surface area (Å²) < 4.78 is 40.7. The van der Waals surface area contributed by atoms with Crippen molar-refractivity contribution >= 4 is 24.2 Å². The first-order valence-corrected chi connectivity index (χ1v) is 5.55. The van der Waals surface area contributed by atoms with Crippen LogP contribution in [0.1, 0.15) is 5.56 Å². The van der Waals surface area contributed by atoms with E-state index in [1.807, 2.05) is 0 Å². The summed E-state index contributed by atoms with van der Waals surface area (Å²) in [6, 6.07) is 2.10. The Hall–Kier alpha value is -0.290. The molecule has 0 aliphatic carbocycles. The minimum absolute atomic E-state index is 0.257. The van der Waals surface area contributed by atoms with Crippen molar-refractivity contribution in [3.05, 3.63) is 33.8 Å². The molecule has 3 nitrogen and oxygen atoms in total. The van der Waals surface area contributed by atoms with Crippen LogP contribution in [0.4, 0.5) is 8.78 Å². The highest BCUT2D eigenvalue weighted by Gasteiger charge is 2.11. The van der Waals surface area contributed by atoms with Crippen LogP contribution in [-0.2, 0) is 15.7 Å². The second-order valence-electron chi connectivity index (χ2n) is 2.40. The molecule has 14 heavy (non-hydrogen) atoms. The van der Waals surface area contributed by atoms with Gasteiger partial charge in [0.15, 0.2) is 0 Å². The zero-order chi connectivity index (χ0) is 10.7. The molecule has 0 aromatic heterocycles. The second-order valence-corrected chi connectivity index (χ2v) is 4.14. The molecule has 1 aromatic carbocycles. The fourth-order valence-electron chi connectivity index (χ4n) is 0.844. The Morgan fingerprint density at radius 2 is 1.93 bits per heavy atom. The maximum Gasteiger partial charge on any atom is 0.316 e. The van der Waals surface area contributed by atoms with Crippen LogP contribution in [0, 0.1) is 11.6 Å². The van der Waals surface area contributed by atoms with E-state index in [0.717, 1.165) is 12.1 Å². The quantitative estimate of drug-likeness (QED) is 0.869. The van der Waals surface area contributed by atoms with Crippen LogP contribution in [0.5, 0.6) is 0 Å². The van der Waals surface area contributed by atoms with Crippen molar-refractivity contribution in [2.75, 3.05) is 0 Å². The summed E-state index contributed by atoms with van der Waals surface area (Å²) in [5.74, 6) is -1.64. The lowest BCUT2D eigenvalue weighted by Gasteiger charge is -2.04. The molecule has 0 radical (unpaired) electrons. The average molecular weight is 287 g/mol. The van der Waals surface area contributed by atoms with E-state index < -0.39 is 26.5 Å². The van der Waals surface area contributed by atoms with Gasteiger partial charge >= 0.3 is 8.25 Å². The third-order valence-corrected chi connectivity index (χ3v) is 2.29. The molecule has 78 valence electrons. The monoisotopic (exact) mass is 286 g/mol. The molecule has 1 unspecified atom stereocenters. The van der Waals surface area contributed by atoms with Gasteiger partial charge in [-0.15, -0.1) is 0 Å². The number of rotatable bonds is 3. The molecule has 1 rings (SSSR count). The number of benzene rings is 1. The fraction of sp³-hybridized carbons (Fsp3) is 0.143. The first kappa shape index (κ1) is 11.8. The van der Waals surface area contributed by atoms with E-state index in [4.69, 9.17) is 4.89 Å². The van der Waals surface area contributed by atoms with Crippen LogP contribution in [0.15, 0.2) is 16.6 Å². The summed E-state index contributed by atoms with van der Waals surface area (Å²) >= 11 is 2.90. The van der Waals surface area contributed by atoms with Gasteiger partial charge in [-0.1, -0.05) is 15.9 Å². The lowest BCUT2D eigenvalue weighted by atomic mass is 10.2. The first-order chi connectivity index (χ1) is 6.50. The molecular weight excluding hydrogens is 281 g/mol. The van der Waals surface area contributed by atoms with Crippen LogP contribution in [-0.4, -0.2) is 4.89 Å². The number of halogens is 3. The van der Waals surface area contributed by atoms with E-state index in [9.17, 15) is 13.3 Å². The highest BCUT2D eigenvalue weighted by molar-refractivity contribution is 9.10. The summed E-state index contributed by atoms with van der Waals surface area (Å²) in [5, 5.41) is 0. The average Bonchev–Trinajstić information content (AvgIpc) is 2.01. The molecule has 0 fully saturated rings. The van der Waals surface area contributed by atoms with E-state index >= 15 is 0 Å². The summed E-state index contributed by atoms with van der Waals surface area (Å²) in [6.45, 7) is -0.556. The summed E-state index contributed by atoms with van der Waals surface area (Å²) in [7, 11) is -3.17. The Morgan fingerprint density at radius 1 is 1.43 bits per heavy atom. The van der Waals surface area contributed by atoms with Gasteiger partial charge in [-0.05, 0) is 12.1 Å². The largest absolute Gasteiger partial charge is 0.326 e. The smallest absolute Gasteiger partial charge is 0.316 e. The van der Waals surface area contributed by atoms with E-state index in [0.29, 0.717) is 0 Å². The first-order valence-electron chi connectivity index (χ1n) is 3.50. The van der Waals surface area contributed by atoms with Crippen LogP contribution >= 0.6 is 24.2 Å². The van der Waals surface area contributed by atoms with Gasteiger partial charge in [0.05, 0.1) is 6.61 Å². The molecule has 0 heterocycles. The molecule has 0 saturated heterocycles. The molecule has 0 aliphatic heterocycles. The van der Waals surface area contributed by atoms with Crippen molar-refractivity contribution in [3.63, 3.8) is 0 Å². The third kappa shape index (κ3) is 3.13. The Kier molecular flexibility index (Phi) is 4.19. The van der Waals surface area contributed by atoms with E-state index in [1.54, 1.807) is 0 Å². The SMILES string of the molecule is O=[PH](O)OCc1c(F)cc(Br)cc1F. The Labute approximate surface area is 87.8 Å². The van der Waals surface area contributed by atoms with Crippen LogP contribution in [0.25, 0.3) is 0 Å². The standard InChI is InChI=1S/C7H6BrF2O3P/c8-4-1-6(9)5(7(10)2-4)3-13-14(11)12/h1-2,14H,3H2,(H,11,12). The summed E-state index contributed by atoms with van der Waals surface area (Å²) in [6.07, 6.45) is 0. The van der Waals surface area contributed by atoms with Gasteiger partial charge < -0.3 is 9.42 Å². The predicted octanol–water partition coefficient (Wildman–Crippen LogP) is 2.63. The van der Waals surface area contributed by atoms with E-state index in [-0.39, 0.29) is 10.0 Å². The van der Waals surface area contributed by atoms with Gasteiger partial charge in [0.1, 0.15) is 11.6 Å². The minimum Gasteiger partial charge on any atom is -0.326 e. The molecule has 0 spiro atoms. The topological polar surface area (TPSA) is 46.5 Å². The lowest BCUT2D eigenvalue weighted by Crippen LogP contribution is -1.96. The normalized spacial score (nSPS) is 12.9. The van der Waals surface area contributed by atoms with Crippen LogP contribution in [0.3, 0.4) is 0 Å². The summed E-state index contributed by atoms with van der Waals surface area (Å²) in [5.41, 5.74) is -0.361. The van der Waals surface area contributed by atoms with Gasteiger partial charge in [-0.2, -0.15) is 0 Å².